The van der Waals surface area contributed by atoms with E-state index in [2.05, 4.69) is 5.32 Å². The molecule has 0 aliphatic carbocycles. The zero-order valence-corrected chi connectivity index (χ0v) is 16.2. The number of amides is 2. The van der Waals surface area contributed by atoms with Gasteiger partial charge in [0.25, 0.3) is 5.91 Å². The van der Waals surface area contributed by atoms with Crippen LogP contribution >= 0.6 is 0 Å². The predicted molar refractivity (Wildman–Crippen MR) is 99.9 cm³/mol. The van der Waals surface area contributed by atoms with E-state index in [4.69, 9.17) is 14.2 Å². The van der Waals surface area contributed by atoms with Crippen molar-refractivity contribution < 1.29 is 23.8 Å². The van der Waals surface area contributed by atoms with Crippen LogP contribution in [0.4, 0.5) is 4.79 Å². The summed E-state index contributed by atoms with van der Waals surface area (Å²) in [6.07, 6.45) is 1.78. The number of carbonyl (C=O) groups is 2. The second-order valence-corrected chi connectivity index (χ2v) is 7.93. The molecule has 1 saturated heterocycles. The molecule has 2 atom stereocenters. The van der Waals surface area contributed by atoms with Gasteiger partial charge in [0, 0.05) is 13.1 Å². The molecule has 1 aromatic carbocycles. The van der Waals surface area contributed by atoms with E-state index in [0.29, 0.717) is 24.6 Å². The van der Waals surface area contributed by atoms with Crippen LogP contribution in [-0.4, -0.2) is 54.3 Å². The Labute approximate surface area is 160 Å². The summed E-state index contributed by atoms with van der Waals surface area (Å²) in [6.45, 7) is 6.74. The molecule has 0 spiro atoms. The molecule has 2 amide bonds. The number of para-hydroxylation sites is 2. The van der Waals surface area contributed by atoms with E-state index in [0.717, 1.165) is 19.3 Å². The van der Waals surface area contributed by atoms with E-state index in [-0.39, 0.29) is 24.6 Å². The summed E-state index contributed by atoms with van der Waals surface area (Å²) in [5.74, 6) is 0.973. The van der Waals surface area contributed by atoms with Crippen LogP contribution in [0, 0.1) is 0 Å². The highest BCUT2D eigenvalue weighted by molar-refractivity contribution is 5.81. The molecule has 2 heterocycles. The molecule has 1 aromatic rings. The van der Waals surface area contributed by atoms with Gasteiger partial charge in [-0.05, 0) is 52.2 Å². The molecule has 27 heavy (non-hydrogen) atoms. The number of fused-ring (bicyclic) bond motifs is 1. The fourth-order valence-electron chi connectivity index (χ4n) is 3.25. The Hall–Kier alpha value is -2.44. The normalized spacial score (nSPS) is 22.1. The Balaban J connectivity index is 1.55. The van der Waals surface area contributed by atoms with Crippen molar-refractivity contribution in [1.29, 1.82) is 0 Å². The standard InChI is InChI=1S/C20H28N2O5/c1-20(2,3)27-19(24)22-11-7-6-8-14(22)12-21-18(23)17-13-25-15-9-4-5-10-16(15)26-17/h4-5,9-10,14,17H,6-8,11-13H2,1-3H3,(H,21,23)/t14-,17+/m1/s1. The lowest BCUT2D eigenvalue weighted by Crippen LogP contribution is -2.53. The monoisotopic (exact) mass is 376 g/mol. The van der Waals surface area contributed by atoms with Crippen LogP contribution in [0.5, 0.6) is 11.5 Å². The molecular weight excluding hydrogens is 348 g/mol. The van der Waals surface area contributed by atoms with Gasteiger partial charge in [-0.25, -0.2) is 4.79 Å². The Kier molecular flexibility index (Phi) is 5.77. The molecule has 3 rings (SSSR count). The van der Waals surface area contributed by atoms with Crippen molar-refractivity contribution in [1.82, 2.24) is 10.2 Å². The van der Waals surface area contributed by atoms with Crippen molar-refractivity contribution in [2.24, 2.45) is 0 Å². The van der Waals surface area contributed by atoms with Crippen molar-refractivity contribution in [3.05, 3.63) is 24.3 Å². The minimum Gasteiger partial charge on any atom is -0.485 e. The largest absolute Gasteiger partial charge is 0.485 e. The lowest BCUT2D eigenvalue weighted by molar-refractivity contribution is -0.130. The van der Waals surface area contributed by atoms with Gasteiger partial charge in [-0.15, -0.1) is 0 Å². The lowest BCUT2D eigenvalue weighted by Gasteiger charge is -2.37. The SMILES string of the molecule is CC(C)(C)OC(=O)N1CCCC[C@@H]1CNC(=O)[C@@H]1COc2ccccc2O1. The Morgan fingerprint density at radius 2 is 1.96 bits per heavy atom. The predicted octanol–water partition coefficient (Wildman–Crippen LogP) is 2.73. The summed E-state index contributed by atoms with van der Waals surface area (Å²) >= 11 is 0. The molecule has 7 nitrogen and oxygen atoms in total. The van der Waals surface area contributed by atoms with Crippen molar-refractivity contribution >= 4 is 12.0 Å². The molecule has 0 radical (unpaired) electrons. The van der Waals surface area contributed by atoms with Gasteiger partial charge in [0.05, 0.1) is 6.04 Å². The van der Waals surface area contributed by atoms with Gasteiger partial charge in [0.15, 0.2) is 11.5 Å². The Morgan fingerprint density at radius 1 is 1.22 bits per heavy atom. The van der Waals surface area contributed by atoms with Crippen LogP contribution in [0.2, 0.25) is 0 Å². The first kappa shape index (κ1) is 19.3. The molecule has 0 saturated carbocycles. The Bertz CT molecular complexity index is 685. The fraction of sp³-hybridized carbons (Fsp3) is 0.600. The first-order valence-corrected chi connectivity index (χ1v) is 9.49. The summed E-state index contributed by atoms with van der Waals surface area (Å²) in [7, 11) is 0. The topological polar surface area (TPSA) is 77.1 Å². The number of hydrogen-bond acceptors (Lipinski definition) is 5. The maximum atomic E-state index is 12.5. The van der Waals surface area contributed by atoms with Gasteiger partial charge in [0.2, 0.25) is 6.10 Å². The highest BCUT2D eigenvalue weighted by Crippen LogP contribution is 2.30. The quantitative estimate of drug-likeness (QED) is 0.878. The second-order valence-electron chi connectivity index (χ2n) is 7.93. The third kappa shape index (κ3) is 5.05. The number of hydrogen-bond donors (Lipinski definition) is 1. The van der Waals surface area contributed by atoms with Crippen LogP contribution in [-0.2, 0) is 9.53 Å². The van der Waals surface area contributed by atoms with Crippen molar-refractivity contribution in [2.75, 3.05) is 19.7 Å². The van der Waals surface area contributed by atoms with Crippen LogP contribution in [0.3, 0.4) is 0 Å². The molecule has 0 unspecified atom stereocenters. The fourth-order valence-corrected chi connectivity index (χ4v) is 3.25. The molecule has 0 bridgehead atoms. The van der Waals surface area contributed by atoms with Crippen molar-refractivity contribution in [3.63, 3.8) is 0 Å². The summed E-state index contributed by atoms with van der Waals surface area (Å²) in [4.78, 5) is 26.7. The molecule has 2 aliphatic rings. The van der Waals surface area contributed by atoms with E-state index < -0.39 is 11.7 Å². The minimum atomic E-state index is -0.696. The molecular formula is C20H28N2O5. The van der Waals surface area contributed by atoms with Gasteiger partial charge >= 0.3 is 6.09 Å². The third-order valence-electron chi connectivity index (χ3n) is 4.57. The van der Waals surface area contributed by atoms with Crippen LogP contribution in [0.1, 0.15) is 40.0 Å². The van der Waals surface area contributed by atoms with Gasteiger partial charge in [-0.1, -0.05) is 12.1 Å². The van der Waals surface area contributed by atoms with Crippen LogP contribution in [0.25, 0.3) is 0 Å². The summed E-state index contributed by atoms with van der Waals surface area (Å²) in [5, 5.41) is 2.91. The number of benzene rings is 1. The van der Waals surface area contributed by atoms with Gasteiger partial charge in [-0.3, -0.25) is 4.79 Å². The zero-order valence-electron chi connectivity index (χ0n) is 16.2. The van der Waals surface area contributed by atoms with Gasteiger partial charge < -0.3 is 24.4 Å². The van der Waals surface area contributed by atoms with E-state index >= 15 is 0 Å². The lowest BCUT2D eigenvalue weighted by atomic mass is 10.0. The number of likely N-dealkylation sites (tertiary alicyclic amines) is 1. The molecule has 2 aliphatic heterocycles. The third-order valence-corrected chi connectivity index (χ3v) is 4.57. The van der Waals surface area contributed by atoms with Crippen molar-refractivity contribution in [3.8, 4) is 11.5 Å². The van der Waals surface area contributed by atoms with E-state index in [1.165, 1.54) is 0 Å². The minimum absolute atomic E-state index is 0.0747. The Morgan fingerprint density at radius 3 is 2.70 bits per heavy atom. The average molecular weight is 376 g/mol. The number of nitrogens with zero attached hydrogens (tertiary/aromatic N) is 1. The van der Waals surface area contributed by atoms with Gasteiger partial charge in [0.1, 0.15) is 12.2 Å². The van der Waals surface area contributed by atoms with E-state index in [1.54, 1.807) is 11.0 Å². The summed E-state index contributed by atoms with van der Waals surface area (Å²) in [5.41, 5.74) is -0.539. The van der Waals surface area contributed by atoms with E-state index in [1.807, 2.05) is 39.0 Å². The first-order valence-electron chi connectivity index (χ1n) is 9.49. The zero-order chi connectivity index (χ0) is 19.4. The van der Waals surface area contributed by atoms with Crippen LogP contribution in [0.15, 0.2) is 24.3 Å². The first-order chi connectivity index (χ1) is 12.8. The summed E-state index contributed by atoms with van der Waals surface area (Å²) in [6, 6.07) is 7.21. The molecule has 1 fully saturated rings. The van der Waals surface area contributed by atoms with Gasteiger partial charge in [-0.2, -0.15) is 0 Å². The number of piperidine rings is 1. The maximum Gasteiger partial charge on any atom is 0.410 e. The van der Waals surface area contributed by atoms with Crippen LogP contribution < -0.4 is 14.8 Å². The number of carbonyl (C=O) groups excluding carboxylic acids is 2. The number of rotatable bonds is 3. The maximum absolute atomic E-state index is 12.5. The highest BCUT2D eigenvalue weighted by Gasteiger charge is 2.32. The molecule has 0 aromatic heterocycles. The number of nitrogens with one attached hydrogen (secondary N) is 1. The summed E-state index contributed by atoms with van der Waals surface area (Å²) < 4.78 is 16.8. The molecule has 148 valence electrons. The van der Waals surface area contributed by atoms with Crippen molar-refractivity contribution in [2.45, 2.75) is 57.8 Å². The van der Waals surface area contributed by atoms with E-state index in [9.17, 15) is 9.59 Å². The highest BCUT2D eigenvalue weighted by atomic mass is 16.6. The number of ether oxygens (including phenoxy) is 3. The smallest absolute Gasteiger partial charge is 0.410 e. The molecule has 1 N–H and O–H groups in total. The average Bonchev–Trinajstić information content (AvgIpc) is 2.64. The second kappa shape index (κ2) is 8.06. The molecule has 7 heteroatoms.